The Bertz CT molecular complexity index is 562. The number of ether oxygens (including phenoxy) is 1. The molecular formula is C18H22N2O2. The fourth-order valence-corrected chi connectivity index (χ4v) is 3.43. The predicted octanol–water partition coefficient (Wildman–Crippen LogP) is 4.03. The fraction of sp³-hybridized carbons (Fsp3) is 0.556. The highest BCUT2D eigenvalue weighted by Crippen LogP contribution is 2.38. The van der Waals surface area contributed by atoms with Gasteiger partial charge in [-0.05, 0) is 62.8 Å². The van der Waals surface area contributed by atoms with E-state index in [9.17, 15) is 10.1 Å². The van der Waals surface area contributed by atoms with Crippen LogP contribution >= 0.6 is 0 Å². The quantitative estimate of drug-likeness (QED) is 0.912. The van der Waals surface area contributed by atoms with Gasteiger partial charge >= 0.3 is 0 Å². The Labute approximate surface area is 131 Å². The minimum atomic E-state index is -0.834. The molecule has 22 heavy (non-hydrogen) atoms. The third-order valence-corrected chi connectivity index (χ3v) is 4.82. The lowest BCUT2D eigenvalue weighted by molar-refractivity contribution is -0.122. The molecule has 1 amide bonds. The molecule has 1 aromatic rings. The van der Waals surface area contributed by atoms with Gasteiger partial charge in [0.05, 0.1) is 12.2 Å². The molecule has 1 aromatic carbocycles. The van der Waals surface area contributed by atoms with Gasteiger partial charge < -0.3 is 10.1 Å². The number of carbonyl (C=O) groups is 1. The Morgan fingerprint density at radius 3 is 2.36 bits per heavy atom. The molecule has 0 aromatic heterocycles. The molecule has 0 bridgehead atoms. The summed E-state index contributed by atoms with van der Waals surface area (Å²) in [6, 6.07) is 9.70. The van der Waals surface area contributed by atoms with Crippen LogP contribution < -0.4 is 10.1 Å². The molecule has 0 atom stereocenters. The number of rotatable bonds is 4. The van der Waals surface area contributed by atoms with Crippen molar-refractivity contribution in [3.05, 3.63) is 24.3 Å². The molecule has 4 heteroatoms. The molecule has 4 nitrogen and oxygen atoms in total. The maximum atomic E-state index is 12.4. The van der Waals surface area contributed by atoms with Crippen LogP contribution in [0.1, 0.15) is 51.4 Å². The predicted molar refractivity (Wildman–Crippen MR) is 84.5 cm³/mol. The summed E-state index contributed by atoms with van der Waals surface area (Å²) >= 11 is 0. The van der Waals surface area contributed by atoms with Gasteiger partial charge in [-0.3, -0.25) is 4.79 Å². The minimum absolute atomic E-state index is 0.169. The van der Waals surface area contributed by atoms with E-state index in [1.807, 2.05) is 24.3 Å². The van der Waals surface area contributed by atoms with E-state index in [0.29, 0.717) is 18.9 Å². The van der Waals surface area contributed by atoms with Crippen LogP contribution in [0.25, 0.3) is 0 Å². The van der Waals surface area contributed by atoms with Gasteiger partial charge in [0.2, 0.25) is 5.91 Å². The van der Waals surface area contributed by atoms with Crippen molar-refractivity contribution in [1.82, 2.24) is 0 Å². The van der Waals surface area contributed by atoms with E-state index < -0.39 is 5.41 Å². The molecule has 0 spiro atoms. The van der Waals surface area contributed by atoms with Gasteiger partial charge in [0, 0.05) is 5.69 Å². The van der Waals surface area contributed by atoms with Crippen molar-refractivity contribution in [3.63, 3.8) is 0 Å². The molecule has 0 radical (unpaired) electrons. The van der Waals surface area contributed by atoms with Gasteiger partial charge in [0.25, 0.3) is 0 Å². The van der Waals surface area contributed by atoms with Crippen molar-refractivity contribution < 1.29 is 9.53 Å². The van der Waals surface area contributed by atoms with E-state index in [2.05, 4.69) is 11.4 Å². The molecule has 116 valence electrons. The van der Waals surface area contributed by atoms with Crippen LogP contribution in [-0.2, 0) is 4.79 Å². The topological polar surface area (TPSA) is 62.1 Å². The monoisotopic (exact) mass is 298 g/mol. The van der Waals surface area contributed by atoms with Crippen LogP contribution in [0.4, 0.5) is 5.69 Å². The molecule has 2 aliphatic rings. The molecule has 1 N–H and O–H groups in total. The lowest BCUT2D eigenvalue weighted by Crippen LogP contribution is -2.32. The fourth-order valence-electron chi connectivity index (χ4n) is 3.43. The molecule has 2 saturated carbocycles. The molecular weight excluding hydrogens is 276 g/mol. The summed E-state index contributed by atoms with van der Waals surface area (Å²) in [5.41, 5.74) is -0.107. The van der Waals surface area contributed by atoms with Crippen LogP contribution in [-0.4, -0.2) is 12.0 Å². The first kappa shape index (κ1) is 14.9. The normalized spacial score (nSPS) is 20.5. The van der Waals surface area contributed by atoms with Crippen LogP contribution in [0, 0.1) is 16.7 Å². The molecule has 0 aliphatic heterocycles. The van der Waals surface area contributed by atoms with E-state index in [1.54, 1.807) is 0 Å². The smallest absolute Gasteiger partial charge is 0.244 e. The summed E-state index contributed by atoms with van der Waals surface area (Å²) in [5, 5.41) is 12.2. The maximum absolute atomic E-state index is 12.4. The van der Waals surface area contributed by atoms with Crippen LogP contribution in [0.2, 0.25) is 0 Å². The van der Waals surface area contributed by atoms with Gasteiger partial charge in [-0.2, -0.15) is 5.26 Å². The number of nitrogens with one attached hydrogen (secondary N) is 1. The maximum Gasteiger partial charge on any atom is 0.244 e. The van der Waals surface area contributed by atoms with Gasteiger partial charge in [0.1, 0.15) is 11.2 Å². The summed E-state index contributed by atoms with van der Waals surface area (Å²) in [7, 11) is 0. The van der Waals surface area contributed by atoms with Crippen molar-refractivity contribution in [1.29, 1.82) is 5.26 Å². The minimum Gasteiger partial charge on any atom is -0.490 e. The lowest BCUT2D eigenvalue weighted by Gasteiger charge is -2.19. The third-order valence-electron chi connectivity index (χ3n) is 4.82. The number of amides is 1. The number of nitriles is 1. The number of hydrogen-bond donors (Lipinski definition) is 1. The van der Waals surface area contributed by atoms with Crippen LogP contribution in [0.3, 0.4) is 0 Å². The molecule has 2 fully saturated rings. The average molecular weight is 298 g/mol. The number of benzene rings is 1. The molecule has 2 aliphatic carbocycles. The Hall–Kier alpha value is -2.02. The second-order valence-corrected chi connectivity index (χ2v) is 6.40. The lowest BCUT2D eigenvalue weighted by atomic mass is 9.87. The zero-order chi connectivity index (χ0) is 15.4. The number of carbonyl (C=O) groups excluding carboxylic acids is 1. The van der Waals surface area contributed by atoms with Crippen molar-refractivity contribution in [2.45, 2.75) is 57.5 Å². The number of hydrogen-bond acceptors (Lipinski definition) is 3. The molecule has 0 unspecified atom stereocenters. The molecule has 0 saturated heterocycles. The summed E-state index contributed by atoms with van der Waals surface area (Å²) in [6.45, 7) is 0. The van der Waals surface area contributed by atoms with Gasteiger partial charge in [-0.25, -0.2) is 0 Å². The first-order chi connectivity index (χ1) is 10.7. The van der Waals surface area contributed by atoms with Crippen molar-refractivity contribution in [2.75, 3.05) is 5.32 Å². The first-order valence-corrected chi connectivity index (χ1v) is 8.21. The Morgan fingerprint density at radius 1 is 1.14 bits per heavy atom. The van der Waals surface area contributed by atoms with Crippen molar-refractivity contribution >= 4 is 11.6 Å². The van der Waals surface area contributed by atoms with Crippen molar-refractivity contribution in [3.8, 4) is 11.8 Å². The standard InChI is InChI=1S/C18H22N2O2/c19-13-18(11-3-4-12-18)17(21)20-14-7-9-16(10-8-14)22-15-5-1-2-6-15/h7-10,15H,1-6,11-12H2,(H,20,21). The summed E-state index contributed by atoms with van der Waals surface area (Å²) in [6.07, 6.45) is 8.32. The van der Waals surface area contributed by atoms with E-state index >= 15 is 0 Å². The molecule has 3 rings (SSSR count). The van der Waals surface area contributed by atoms with E-state index in [1.165, 1.54) is 12.8 Å². The second kappa shape index (κ2) is 6.39. The zero-order valence-corrected chi connectivity index (χ0v) is 12.8. The van der Waals surface area contributed by atoms with E-state index in [-0.39, 0.29) is 5.91 Å². The SMILES string of the molecule is N#CC1(C(=O)Nc2ccc(OC3CCCC3)cc2)CCCC1. The van der Waals surface area contributed by atoms with Gasteiger partial charge in [-0.15, -0.1) is 0 Å². The molecule has 0 heterocycles. The highest BCUT2D eigenvalue weighted by Gasteiger charge is 2.41. The van der Waals surface area contributed by atoms with Gasteiger partial charge in [0.15, 0.2) is 0 Å². The summed E-state index contributed by atoms with van der Waals surface area (Å²) < 4.78 is 5.91. The third kappa shape index (κ3) is 3.09. The Morgan fingerprint density at radius 2 is 1.77 bits per heavy atom. The highest BCUT2D eigenvalue weighted by atomic mass is 16.5. The second-order valence-electron chi connectivity index (χ2n) is 6.40. The van der Waals surface area contributed by atoms with E-state index in [0.717, 1.165) is 37.1 Å². The highest BCUT2D eigenvalue weighted by molar-refractivity contribution is 5.97. The largest absolute Gasteiger partial charge is 0.490 e. The number of nitrogens with zero attached hydrogens (tertiary/aromatic N) is 1. The summed E-state index contributed by atoms with van der Waals surface area (Å²) in [4.78, 5) is 12.4. The Balaban J connectivity index is 1.61. The van der Waals surface area contributed by atoms with Crippen LogP contribution in [0.15, 0.2) is 24.3 Å². The zero-order valence-electron chi connectivity index (χ0n) is 12.8. The average Bonchev–Trinajstić information content (AvgIpc) is 3.21. The number of anilines is 1. The van der Waals surface area contributed by atoms with Gasteiger partial charge in [-0.1, -0.05) is 12.8 Å². The Kier molecular flexibility index (Phi) is 4.33. The first-order valence-electron chi connectivity index (χ1n) is 8.21. The van der Waals surface area contributed by atoms with Crippen molar-refractivity contribution in [2.24, 2.45) is 5.41 Å². The van der Waals surface area contributed by atoms with E-state index in [4.69, 9.17) is 4.74 Å². The summed E-state index contributed by atoms with van der Waals surface area (Å²) in [5.74, 6) is 0.678. The van der Waals surface area contributed by atoms with Crippen LogP contribution in [0.5, 0.6) is 5.75 Å².